The van der Waals surface area contributed by atoms with Crippen molar-refractivity contribution in [3.05, 3.63) is 48.0 Å². The molecule has 0 radical (unpaired) electrons. The molecule has 31 heavy (non-hydrogen) atoms. The monoisotopic (exact) mass is 443 g/mol. The molecule has 0 unspecified atom stereocenters. The molecule has 0 saturated carbocycles. The lowest BCUT2D eigenvalue weighted by atomic mass is 10.0. The molecule has 1 amide bonds. The molecule has 0 atom stereocenters. The molecule has 8 nitrogen and oxygen atoms in total. The molecular weight excluding hydrogens is 418 g/mol. The number of amides is 1. The largest absolute Gasteiger partial charge is 0.490 e. The number of cyclic esters (lactones) is 1. The predicted molar refractivity (Wildman–Crippen MR) is 116 cm³/mol. The molecule has 9 heteroatoms. The third-order valence-corrected chi connectivity index (χ3v) is 8.15. The molecule has 2 aromatic carbocycles. The van der Waals surface area contributed by atoms with E-state index in [0.717, 1.165) is 23.5 Å². The van der Waals surface area contributed by atoms with Crippen LogP contribution in [0.5, 0.6) is 5.75 Å². The van der Waals surface area contributed by atoms with Crippen LogP contribution in [0.2, 0.25) is 0 Å². The quantitative estimate of drug-likeness (QED) is 0.726. The van der Waals surface area contributed by atoms with Crippen molar-refractivity contribution >= 4 is 27.5 Å². The number of para-hydroxylation sites is 1. The van der Waals surface area contributed by atoms with Crippen LogP contribution in [-0.4, -0.2) is 58.1 Å². The number of anilines is 2. The van der Waals surface area contributed by atoms with Crippen molar-refractivity contribution in [2.45, 2.75) is 30.4 Å². The molecule has 2 aromatic rings. The zero-order valence-electron chi connectivity index (χ0n) is 17.4. The Bertz CT molecular complexity index is 1110. The lowest BCUT2D eigenvalue weighted by Crippen LogP contribution is -2.50. The Kier molecular flexibility index (Phi) is 5.02. The Morgan fingerprint density at radius 3 is 2.55 bits per heavy atom. The van der Waals surface area contributed by atoms with E-state index in [4.69, 9.17) is 9.47 Å². The average molecular weight is 444 g/mol. The molecule has 0 bridgehead atoms. The summed E-state index contributed by atoms with van der Waals surface area (Å²) in [6.45, 7) is 2.27. The first-order valence-corrected chi connectivity index (χ1v) is 11.9. The topological polar surface area (TPSA) is 79.4 Å². The van der Waals surface area contributed by atoms with Gasteiger partial charge in [-0.3, -0.25) is 4.90 Å². The molecule has 3 aliphatic rings. The minimum Gasteiger partial charge on any atom is -0.490 e. The van der Waals surface area contributed by atoms with E-state index in [9.17, 15) is 13.2 Å². The molecule has 0 spiro atoms. The van der Waals surface area contributed by atoms with Gasteiger partial charge in [-0.15, -0.1) is 0 Å². The summed E-state index contributed by atoms with van der Waals surface area (Å²) in [5.41, 5.74) is 2.72. The van der Waals surface area contributed by atoms with Crippen LogP contribution in [0.4, 0.5) is 16.2 Å². The number of hydrogen-bond acceptors (Lipinski definition) is 6. The van der Waals surface area contributed by atoms with E-state index in [1.807, 2.05) is 31.3 Å². The molecule has 164 valence electrons. The summed E-state index contributed by atoms with van der Waals surface area (Å²) >= 11 is 0. The first kappa shape index (κ1) is 20.1. The second-order valence-corrected chi connectivity index (χ2v) is 10.0. The Morgan fingerprint density at radius 1 is 0.968 bits per heavy atom. The predicted octanol–water partition coefficient (Wildman–Crippen LogP) is 2.83. The molecule has 3 aliphatic heterocycles. The van der Waals surface area contributed by atoms with E-state index in [2.05, 4.69) is 4.90 Å². The smallest absolute Gasteiger partial charge is 0.414 e. The van der Waals surface area contributed by atoms with Crippen molar-refractivity contribution < 1.29 is 22.7 Å². The van der Waals surface area contributed by atoms with Crippen LogP contribution in [0.15, 0.2) is 47.4 Å². The van der Waals surface area contributed by atoms with Gasteiger partial charge in [-0.2, -0.15) is 4.31 Å². The summed E-state index contributed by atoms with van der Waals surface area (Å²) < 4.78 is 39.0. The van der Waals surface area contributed by atoms with Gasteiger partial charge in [0.25, 0.3) is 0 Å². The number of fused-ring (bicyclic) bond motifs is 2. The lowest BCUT2D eigenvalue weighted by Gasteiger charge is -2.39. The second kappa shape index (κ2) is 7.72. The number of sulfonamides is 1. The van der Waals surface area contributed by atoms with Gasteiger partial charge in [0.15, 0.2) is 0 Å². The number of benzene rings is 2. The highest BCUT2D eigenvalue weighted by molar-refractivity contribution is 7.89. The maximum atomic E-state index is 13.3. The molecule has 0 N–H and O–H groups in total. The van der Waals surface area contributed by atoms with E-state index < -0.39 is 10.0 Å². The third-order valence-electron chi connectivity index (χ3n) is 6.25. The Morgan fingerprint density at radius 2 is 1.74 bits per heavy atom. The van der Waals surface area contributed by atoms with E-state index >= 15 is 0 Å². The number of nitrogens with zero attached hydrogens (tertiary/aromatic N) is 3. The van der Waals surface area contributed by atoms with Crippen LogP contribution >= 0.6 is 0 Å². The molecule has 1 saturated heterocycles. The lowest BCUT2D eigenvalue weighted by molar-refractivity contribution is 0.136. The van der Waals surface area contributed by atoms with Crippen LogP contribution in [0.3, 0.4) is 0 Å². The summed E-state index contributed by atoms with van der Waals surface area (Å²) in [5.74, 6) is 0.595. The van der Waals surface area contributed by atoms with Gasteiger partial charge >= 0.3 is 6.09 Å². The fourth-order valence-corrected chi connectivity index (χ4v) is 6.00. The standard InChI is InChI=1S/C22H25N3O5S/c1-23-12-13-29-21-14-18(6-7-20(21)23)31(27,28)24-10-8-17(9-11-24)25-19-5-3-2-4-16(19)15-30-22(25)26/h2-7,14,17H,8-13,15H2,1H3. The Hall–Kier alpha value is -2.78. The number of piperidine rings is 1. The van der Waals surface area contributed by atoms with Gasteiger partial charge in [0.05, 0.1) is 22.8 Å². The van der Waals surface area contributed by atoms with Gasteiger partial charge < -0.3 is 14.4 Å². The van der Waals surface area contributed by atoms with E-state index in [1.54, 1.807) is 23.1 Å². The maximum absolute atomic E-state index is 13.3. The molecule has 3 heterocycles. The van der Waals surface area contributed by atoms with Crippen LogP contribution in [0, 0.1) is 0 Å². The van der Waals surface area contributed by atoms with Crippen molar-refractivity contribution in [1.29, 1.82) is 0 Å². The minimum absolute atomic E-state index is 0.0964. The molecular formula is C22H25N3O5S. The van der Waals surface area contributed by atoms with Crippen molar-refractivity contribution in [3.63, 3.8) is 0 Å². The van der Waals surface area contributed by atoms with Crippen molar-refractivity contribution in [3.8, 4) is 5.75 Å². The van der Waals surface area contributed by atoms with Crippen LogP contribution < -0.4 is 14.5 Å². The third kappa shape index (κ3) is 3.51. The SMILES string of the molecule is CN1CCOc2cc(S(=O)(=O)N3CCC(N4C(=O)OCc5ccccc54)CC3)ccc21. The van der Waals surface area contributed by atoms with Crippen LogP contribution in [0.25, 0.3) is 0 Å². The van der Waals surface area contributed by atoms with Crippen molar-refractivity contribution in [2.75, 3.05) is 43.1 Å². The number of hydrogen-bond donors (Lipinski definition) is 0. The number of rotatable bonds is 3. The minimum atomic E-state index is -3.64. The highest BCUT2D eigenvalue weighted by Crippen LogP contribution is 2.35. The number of ether oxygens (including phenoxy) is 2. The summed E-state index contributed by atoms with van der Waals surface area (Å²) in [7, 11) is -1.68. The summed E-state index contributed by atoms with van der Waals surface area (Å²) in [5, 5.41) is 0. The van der Waals surface area contributed by atoms with Gasteiger partial charge in [-0.25, -0.2) is 13.2 Å². The Labute approximate surface area is 182 Å². The van der Waals surface area contributed by atoms with Gasteiger partial charge in [-0.05, 0) is 31.0 Å². The molecule has 0 aliphatic carbocycles. The highest BCUT2D eigenvalue weighted by atomic mass is 32.2. The number of carbonyl (C=O) groups is 1. The Balaban J connectivity index is 1.33. The molecule has 0 aromatic heterocycles. The summed E-state index contributed by atoms with van der Waals surface area (Å²) in [6, 6.07) is 12.7. The number of carbonyl (C=O) groups excluding carboxylic acids is 1. The average Bonchev–Trinajstić information content (AvgIpc) is 2.79. The van der Waals surface area contributed by atoms with E-state index in [1.165, 1.54) is 4.31 Å². The zero-order valence-corrected chi connectivity index (χ0v) is 18.2. The number of likely N-dealkylation sites (N-methyl/N-ethyl adjacent to an activating group) is 1. The summed E-state index contributed by atoms with van der Waals surface area (Å²) in [6.07, 6.45) is 0.732. The summed E-state index contributed by atoms with van der Waals surface area (Å²) in [4.78, 5) is 16.4. The van der Waals surface area contributed by atoms with Crippen LogP contribution in [0.1, 0.15) is 18.4 Å². The molecule has 5 rings (SSSR count). The molecule has 1 fully saturated rings. The van der Waals surface area contributed by atoms with Crippen molar-refractivity contribution in [2.24, 2.45) is 0 Å². The zero-order chi connectivity index (χ0) is 21.6. The van der Waals surface area contributed by atoms with Gasteiger partial charge in [0.2, 0.25) is 10.0 Å². The maximum Gasteiger partial charge on any atom is 0.414 e. The van der Waals surface area contributed by atoms with E-state index in [0.29, 0.717) is 38.3 Å². The van der Waals surface area contributed by atoms with Gasteiger partial charge in [-0.1, -0.05) is 18.2 Å². The van der Waals surface area contributed by atoms with Gasteiger partial charge in [0.1, 0.15) is 19.0 Å². The van der Waals surface area contributed by atoms with Gasteiger partial charge in [0, 0.05) is 37.8 Å². The highest BCUT2D eigenvalue weighted by Gasteiger charge is 2.37. The fraction of sp³-hybridized carbons (Fsp3) is 0.409. The van der Waals surface area contributed by atoms with E-state index in [-0.39, 0.29) is 23.6 Å². The normalized spacial score (nSPS) is 20.0. The first-order chi connectivity index (χ1) is 14.9. The second-order valence-electron chi connectivity index (χ2n) is 8.09. The van der Waals surface area contributed by atoms with Crippen LogP contribution in [-0.2, 0) is 21.4 Å². The fourth-order valence-electron chi connectivity index (χ4n) is 4.51. The first-order valence-electron chi connectivity index (χ1n) is 10.5. The van der Waals surface area contributed by atoms with Crippen molar-refractivity contribution in [1.82, 2.24) is 4.31 Å².